The van der Waals surface area contributed by atoms with Crippen LogP contribution < -0.4 is 0 Å². The van der Waals surface area contributed by atoms with Crippen LogP contribution in [0.25, 0.3) is 265 Å². The van der Waals surface area contributed by atoms with Crippen LogP contribution in [0.4, 0.5) is 0 Å². The van der Waals surface area contributed by atoms with Crippen molar-refractivity contribution in [1.82, 2.24) is 37.4 Å². The standard InChI is InChI=1S/C137H92N8/c1-135(2)114-34-16-7-25-95(114)98-64-57-92(78-117(98)135)143-121-37-19-10-28-101(121)107-61-47-86(74-130(107)143)83-50-68-127-110(71-83)104-31-13-22-40-124(104)140(127)89-53-43-81(44-54-89)133-113-77-91(142-126-42-24-15-33-106(126)112-73-85(52-70-129(112)142)88-49-63-109-103-30-12-21-39-123(103)145(132(109)76-88)94-59-66-100-97-27-9-18-36-116(97)137(5,6)119(100)80-94)60-67-120(113)138-134(139-133)82-45-55-90(56-46-82)141-125-41-23-14-32-105(125)111-72-84(51-69-128(111)141)87-48-62-108-102-29-11-20-38-122(102)144(131(108)75-87)93-58-65-99-96-26-8-17-35-115(96)136(3,4)118(99)79-93/h7-80H,1-6H3. The number of rotatable bonds is 11. The number of para-hydroxylation sites is 6. The van der Waals surface area contributed by atoms with Gasteiger partial charge in [-0.3, -0.25) is 0 Å². The minimum atomic E-state index is -0.141. The van der Waals surface area contributed by atoms with Gasteiger partial charge in [-0.05, 0) is 282 Å². The van der Waals surface area contributed by atoms with Crippen molar-refractivity contribution in [3.8, 4) is 124 Å². The Morgan fingerprint density at radius 3 is 0.745 bits per heavy atom. The van der Waals surface area contributed by atoms with Crippen molar-refractivity contribution in [2.24, 2.45) is 0 Å². The number of aromatic nitrogens is 8. The highest BCUT2D eigenvalue weighted by Crippen LogP contribution is 2.55. The Kier molecular flexibility index (Phi) is 16.8. The SMILES string of the molecule is CC1(C)c2ccccc2-c2ccc(-n3c4ccccc4c4ccc(-c5ccc6c(c5)c5ccccc5n6-c5ccc(-c6nc(-c7ccc(-n8c9ccccc9c9cc(-c%10ccc%11c%12ccccc%12n(-c%12ccc%13c(c%12)C(C)(C)c%12ccccc%12-%13)c%11c%10)ccc98)cc7)c7cc(-n8c9ccccc9c9cc(-c%10ccc%11c%12ccccc%12n(-c%12ccc%13c(c%12)C(C)(C)c%12ccccc%12-%13)c%11c%10)ccc98)ccc7n6)cc5)cc43)cc21. The van der Waals surface area contributed by atoms with Gasteiger partial charge in [0.25, 0.3) is 0 Å². The van der Waals surface area contributed by atoms with Crippen LogP contribution in [-0.4, -0.2) is 37.4 Å². The molecule has 0 atom stereocenters. The summed E-state index contributed by atoms with van der Waals surface area (Å²) in [6.45, 7) is 14.2. The molecule has 31 rings (SSSR count). The fraction of sp³-hybridized carbons (Fsp3) is 0.0657. The molecule has 7 heterocycles. The molecule has 28 aromatic rings. The molecule has 0 radical (unpaired) electrons. The van der Waals surface area contributed by atoms with Crippen LogP contribution in [0.2, 0.25) is 0 Å². The highest BCUT2D eigenvalue weighted by molar-refractivity contribution is 6.18. The third-order valence-electron chi connectivity index (χ3n) is 33.2. The summed E-state index contributed by atoms with van der Waals surface area (Å²) in [6.07, 6.45) is 0. The maximum absolute atomic E-state index is 5.81. The summed E-state index contributed by atoms with van der Waals surface area (Å²) in [4.78, 5) is 11.4. The average Bonchev–Trinajstić information content (AvgIpc) is 1.57. The molecule has 8 heteroatoms. The molecule has 3 aliphatic carbocycles. The van der Waals surface area contributed by atoms with Gasteiger partial charge >= 0.3 is 0 Å². The number of nitrogens with zero attached hydrogens (tertiary/aromatic N) is 8. The topological polar surface area (TPSA) is 55.4 Å². The molecule has 21 aromatic carbocycles. The number of hydrogen-bond acceptors (Lipinski definition) is 2. The molecule has 7 aromatic heterocycles. The predicted molar refractivity (Wildman–Crippen MR) is 605 cm³/mol. The van der Waals surface area contributed by atoms with Crippen LogP contribution in [0.3, 0.4) is 0 Å². The van der Waals surface area contributed by atoms with E-state index in [4.69, 9.17) is 9.97 Å². The molecule has 0 amide bonds. The Labute approximate surface area is 836 Å². The lowest BCUT2D eigenvalue weighted by Crippen LogP contribution is -2.15. The van der Waals surface area contributed by atoms with Gasteiger partial charge in [0.15, 0.2) is 5.82 Å². The molecule has 3 aliphatic rings. The van der Waals surface area contributed by atoms with E-state index in [9.17, 15) is 0 Å². The summed E-state index contributed by atoms with van der Waals surface area (Å²) in [7, 11) is 0. The first-order valence-electron chi connectivity index (χ1n) is 50.6. The van der Waals surface area contributed by atoms with Crippen molar-refractivity contribution < 1.29 is 0 Å². The molecule has 0 bridgehead atoms. The van der Waals surface area contributed by atoms with Crippen molar-refractivity contribution in [2.45, 2.75) is 57.8 Å². The van der Waals surface area contributed by atoms with Crippen molar-refractivity contribution in [3.05, 3.63) is 482 Å². The van der Waals surface area contributed by atoms with Crippen LogP contribution in [0.1, 0.15) is 74.9 Å². The fourth-order valence-electron chi connectivity index (χ4n) is 26.2. The van der Waals surface area contributed by atoms with E-state index in [1.165, 1.54) is 176 Å². The highest BCUT2D eigenvalue weighted by atomic mass is 15.0. The van der Waals surface area contributed by atoms with Gasteiger partial charge in [0.2, 0.25) is 0 Å². The molecule has 145 heavy (non-hydrogen) atoms. The second kappa shape index (κ2) is 29.9. The number of benzene rings is 21. The summed E-state index contributed by atoms with van der Waals surface area (Å²) in [5.74, 6) is 0.641. The van der Waals surface area contributed by atoms with E-state index in [0.29, 0.717) is 5.82 Å². The van der Waals surface area contributed by atoms with Gasteiger partial charge < -0.3 is 27.4 Å². The monoisotopic (exact) mass is 1850 g/mol. The van der Waals surface area contributed by atoms with Gasteiger partial charge in [-0.1, -0.05) is 308 Å². The Morgan fingerprint density at radius 2 is 0.393 bits per heavy atom. The Balaban J connectivity index is 0.522. The Bertz CT molecular complexity index is 10600. The molecule has 0 aliphatic heterocycles. The Hall–Kier alpha value is -18.2. The van der Waals surface area contributed by atoms with E-state index in [1.54, 1.807) is 0 Å². The van der Waals surface area contributed by atoms with E-state index in [2.05, 4.69) is 518 Å². The van der Waals surface area contributed by atoms with E-state index >= 15 is 0 Å². The summed E-state index contributed by atoms with van der Waals surface area (Å²) in [6, 6.07) is 169. The lowest BCUT2D eigenvalue weighted by Gasteiger charge is -2.22. The molecule has 0 spiro atoms. The molecular formula is C137H92N8. The summed E-state index contributed by atoms with van der Waals surface area (Å²) >= 11 is 0. The van der Waals surface area contributed by atoms with Crippen LogP contribution in [-0.2, 0) is 16.2 Å². The zero-order valence-electron chi connectivity index (χ0n) is 80.8. The Morgan fingerprint density at radius 1 is 0.152 bits per heavy atom. The zero-order valence-corrected chi connectivity index (χ0v) is 80.8. The third-order valence-corrected chi connectivity index (χ3v) is 33.2. The zero-order chi connectivity index (χ0) is 95.9. The molecule has 0 unspecified atom stereocenters. The second-order valence-electron chi connectivity index (χ2n) is 41.9. The van der Waals surface area contributed by atoms with Gasteiger partial charge in [0, 0.05) is 132 Å². The summed E-state index contributed by atoms with van der Waals surface area (Å²) < 4.78 is 14.7. The van der Waals surface area contributed by atoms with Crippen molar-refractivity contribution in [3.63, 3.8) is 0 Å². The van der Waals surface area contributed by atoms with E-state index in [-0.39, 0.29) is 16.2 Å². The average molecular weight is 1850 g/mol. The lowest BCUT2D eigenvalue weighted by molar-refractivity contribution is 0.660. The van der Waals surface area contributed by atoms with Crippen molar-refractivity contribution >= 4 is 142 Å². The van der Waals surface area contributed by atoms with Crippen LogP contribution in [0.15, 0.2) is 449 Å². The predicted octanol–water partition coefficient (Wildman–Crippen LogP) is 35.5. The smallest absolute Gasteiger partial charge is 0.160 e. The molecule has 0 saturated carbocycles. The van der Waals surface area contributed by atoms with Gasteiger partial charge in [-0.25, -0.2) is 9.97 Å². The first-order valence-corrected chi connectivity index (χ1v) is 50.6. The number of fused-ring (bicyclic) bond motifs is 28. The normalized spacial score (nSPS) is 13.8. The van der Waals surface area contributed by atoms with Crippen LogP contribution in [0, 0.1) is 0 Å². The van der Waals surface area contributed by atoms with Gasteiger partial charge in [-0.15, -0.1) is 0 Å². The fourth-order valence-corrected chi connectivity index (χ4v) is 26.2. The van der Waals surface area contributed by atoms with Gasteiger partial charge in [0.1, 0.15) is 0 Å². The maximum Gasteiger partial charge on any atom is 0.160 e. The quantitative estimate of drug-likeness (QED) is 0.130. The molecule has 0 fully saturated rings. The van der Waals surface area contributed by atoms with Crippen LogP contribution >= 0.6 is 0 Å². The lowest BCUT2D eigenvalue weighted by atomic mass is 9.82. The second-order valence-corrected chi connectivity index (χ2v) is 41.9. The largest absolute Gasteiger partial charge is 0.309 e. The number of hydrogen-bond donors (Lipinski definition) is 0. The molecule has 680 valence electrons. The first-order chi connectivity index (χ1) is 71.1. The molecule has 8 nitrogen and oxygen atoms in total. The summed E-state index contributed by atoms with van der Waals surface area (Å²) in [5, 5.41) is 15.5. The molecule has 0 N–H and O–H groups in total. The molecular weight excluding hydrogens is 1760 g/mol. The van der Waals surface area contributed by atoms with Crippen LogP contribution in [0.5, 0.6) is 0 Å². The van der Waals surface area contributed by atoms with Crippen molar-refractivity contribution in [2.75, 3.05) is 0 Å². The van der Waals surface area contributed by atoms with Gasteiger partial charge in [-0.2, -0.15) is 0 Å². The highest BCUT2D eigenvalue weighted by Gasteiger charge is 2.40. The van der Waals surface area contributed by atoms with E-state index < -0.39 is 0 Å². The van der Waals surface area contributed by atoms with Crippen molar-refractivity contribution in [1.29, 1.82) is 0 Å². The minimum Gasteiger partial charge on any atom is -0.309 e. The summed E-state index contributed by atoms with van der Waals surface area (Å²) in [5.41, 5.74) is 46.8. The molecule has 0 saturated heterocycles. The minimum absolute atomic E-state index is 0.132. The first kappa shape index (κ1) is 81.6. The van der Waals surface area contributed by atoms with E-state index in [1.807, 2.05) is 0 Å². The third kappa shape index (κ3) is 11.6. The van der Waals surface area contributed by atoms with E-state index in [0.717, 1.165) is 117 Å². The maximum atomic E-state index is 5.81. The van der Waals surface area contributed by atoms with Gasteiger partial charge in [0.05, 0.1) is 77.4 Å².